The van der Waals surface area contributed by atoms with Crippen LogP contribution in [0.1, 0.15) is 43.7 Å². The quantitative estimate of drug-likeness (QED) is 0.807. The average Bonchev–Trinajstić information content (AvgIpc) is 3.22. The van der Waals surface area contributed by atoms with Crippen LogP contribution in [0.15, 0.2) is 29.2 Å². The van der Waals surface area contributed by atoms with Gasteiger partial charge in [0.25, 0.3) is 0 Å². The van der Waals surface area contributed by atoms with Gasteiger partial charge >= 0.3 is 0 Å². The molecule has 1 aromatic carbocycles. The summed E-state index contributed by atoms with van der Waals surface area (Å²) in [5.74, 6) is 2.33. The largest absolute Gasteiger partial charge is 0.310 e. The van der Waals surface area contributed by atoms with Crippen LogP contribution in [-0.4, -0.2) is 12.3 Å². The molecule has 92 valence electrons. The molecule has 1 heterocycles. The minimum Gasteiger partial charge on any atom is -0.310 e. The lowest BCUT2D eigenvalue weighted by atomic mass is 9.98. The maximum Gasteiger partial charge on any atom is 0.0320 e. The molecule has 1 saturated carbocycles. The van der Waals surface area contributed by atoms with E-state index in [1.165, 1.54) is 54.9 Å². The van der Waals surface area contributed by atoms with E-state index in [1.54, 1.807) is 0 Å². The van der Waals surface area contributed by atoms with Crippen molar-refractivity contribution in [3.8, 4) is 0 Å². The van der Waals surface area contributed by atoms with Gasteiger partial charge in [0.15, 0.2) is 0 Å². The Morgan fingerprint density at radius 3 is 2.53 bits per heavy atom. The first-order chi connectivity index (χ1) is 8.42. The molecule has 1 aliphatic heterocycles. The summed E-state index contributed by atoms with van der Waals surface area (Å²) in [5.41, 5.74) is 1.47. The van der Waals surface area contributed by atoms with Crippen LogP contribution in [0.5, 0.6) is 0 Å². The summed E-state index contributed by atoms with van der Waals surface area (Å²) in [5, 5.41) is 3.61. The second-order valence-electron chi connectivity index (χ2n) is 5.33. The van der Waals surface area contributed by atoms with Crippen molar-refractivity contribution < 1.29 is 0 Å². The van der Waals surface area contributed by atoms with Crippen molar-refractivity contribution in [1.29, 1.82) is 0 Å². The van der Waals surface area contributed by atoms with Crippen LogP contribution in [0.2, 0.25) is 0 Å². The first-order valence-electron chi connectivity index (χ1n) is 6.88. The van der Waals surface area contributed by atoms with Crippen LogP contribution in [0.3, 0.4) is 0 Å². The van der Waals surface area contributed by atoms with E-state index < -0.39 is 0 Å². The number of piperidine rings is 1. The molecular weight excluding hydrogens is 226 g/mol. The van der Waals surface area contributed by atoms with Crippen molar-refractivity contribution >= 4 is 11.8 Å². The first kappa shape index (κ1) is 11.6. The maximum absolute atomic E-state index is 3.61. The molecule has 1 atom stereocenters. The maximum atomic E-state index is 3.61. The highest BCUT2D eigenvalue weighted by Crippen LogP contribution is 2.35. The highest BCUT2D eigenvalue weighted by atomic mass is 32.2. The monoisotopic (exact) mass is 247 g/mol. The molecule has 1 aromatic rings. The Kier molecular flexibility index (Phi) is 3.72. The summed E-state index contributed by atoms with van der Waals surface area (Å²) in [6.07, 6.45) is 6.92. The molecule has 2 fully saturated rings. The Hall–Kier alpha value is -0.470. The minimum absolute atomic E-state index is 0.603. The Bertz CT molecular complexity index is 350. The fraction of sp³-hybridized carbons (Fsp3) is 0.600. The molecule has 1 nitrogen and oxygen atoms in total. The number of hydrogen-bond acceptors (Lipinski definition) is 2. The van der Waals surface area contributed by atoms with Crippen molar-refractivity contribution in [1.82, 2.24) is 5.32 Å². The lowest BCUT2D eigenvalue weighted by Gasteiger charge is -2.23. The standard InChI is InChI=1S/C15H21NS/c1-2-10-16-15(3-1)13-6-8-14(9-7-13)17-11-12-4-5-12/h6-9,12,15-16H,1-5,10-11H2. The van der Waals surface area contributed by atoms with Crippen LogP contribution < -0.4 is 5.32 Å². The van der Waals surface area contributed by atoms with E-state index in [4.69, 9.17) is 0 Å². The van der Waals surface area contributed by atoms with E-state index in [0.717, 1.165) is 5.92 Å². The van der Waals surface area contributed by atoms with E-state index in [0.29, 0.717) is 6.04 Å². The summed E-state index contributed by atoms with van der Waals surface area (Å²) in [6.45, 7) is 1.18. The summed E-state index contributed by atoms with van der Waals surface area (Å²) in [7, 11) is 0. The van der Waals surface area contributed by atoms with Gasteiger partial charge in [-0.3, -0.25) is 0 Å². The molecule has 1 N–H and O–H groups in total. The SMILES string of the molecule is c1cc(C2CCCCN2)ccc1SCC1CC1. The highest BCUT2D eigenvalue weighted by molar-refractivity contribution is 7.99. The molecular formula is C15H21NS. The van der Waals surface area contributed by atoms with Crippen molar-refractivity contribution in [3.05, 3.63) is 29.8 Å². The van der Waals surface area contributed by atoms with Gasteiger partial charge < -0.3 is 5.32 Å². The average molecular weight is 247 g/mol. The zero-order valence-electron chi connectivity index (χ0n) is 10.3. The third-order valence-electron chi connectivity index (χ3n) is 3.78. The second-order valence-corrected chi connectivity index (χ2v) is 6.42. The van der Waals surface area contributed by atoms with Crippen LogP contribution in [-0.2, 0) is 0 Å². The van der Waals surface area contributed by atoms with Crippen LogP contribution in [0.25, 0.3) is 0 Å². The van der Waals surface area contributed by atoms with Gasteiger partial charge in [-0.1, -0.05) is 18.6 Å². The van der Waals surface area contributed by atoms with Crippen LogP contribution in [0.4, 0.5) is 0 Å². The topological polar surface area (TPSA) is 12.0 Å². The van der Waals surface area contributed by atoms with Gasteiger partial charge in [-0.15, -0.1) is 11.8 Å². The van der Waals surface area contributed by atoms with Gasteiger partial charge in [0.2, 0.25) is 0 Å². The Balaban J connectivity index is 1.58. The molecule has 2 heteroatoms. The first-order valence-corrected chi connectivity index (χ1v) is 7.86. The van der Waals surface area contributed by atoms with Gasteiger partial charge in [-0.05, 0) is 55.8 Å². The fourth-order valence-corrected chi connectivity index (χ4v) is 3.52. The zero-order chi connectivity index (χ0) is 11.5. The minimum atomic E-state index is 0.603. The van der Waals surface area contributed by atoms with Gasteiger partial charge in [-0.2, -0.15) is 0 Å². The Morgan fingerprint density at radius 2 is 1.88 bits per heavy atom. The normalized spacial score (nSPS) is 24.8. The third-order valence-corrected chi connectivity index (χ3v) is 5.02. The molecule has 1 saturated heterocycles. The van der Waals surface area contributed by atoms with E-state index in [9.17, 15) is 0 Å². The number of thioether (sulfide) groups is 1. The molecule has 0 amide bonds. The molecule has 0 aromatic heterocycles. The van der Waals surface area contributed by atoms with Gasteiger partial charge in [0.05, 0.1) is 0 Å². The Labute approximate surface area is 108 Å². The fourth-order valence-electron chi connectivity index (χ4n) is 2.43. The van der Waals surface area contributed by atoms with E-state index in [2.05, 4.69) is 29.6 Å². The lowest BCUT2D eigenvalue weighted by molar-refractivity contribution is 0.412. The number of rotatable bonds is 4. The highest BCUT2D eigenvalue weighted by Gasteiger charge is 2.21. The third kappa shape index (κ3) is 3.26. The zero-order valence-corrected chi connectivity index (χ0v) is 11.1. The predicted octanol–water partition coefficient (Wildman–Crippen LogP) is 4.00. The predicted molar refractivity (Wildman–Crippen MR) is 74.5 cm³/mol. The molecule has 0 spiro atoms. The summed E-state index contributed by atoms with van der Waals surface area (Å²) >= 11 is 2.03. The number of benzene rings is 1. The molecule has 1 unspecified atom stereocenters. The summed E-state index contributed by atoms with van der Waals surface area (Å²) in [6, 6.07) is 9.85. The van der Waals surface area contributed by atoms with Crippen molar-refractivity contribution in [2.45, 2.75) is 43.0 Å². The van der Waals surface area contributed by atoms with Crippen molar-refractivity contribution in [2.24, 2.45) is 5.92 Å². The summed E-state index contributed by atoms with van der Waals surface area (Å²) in [4.78, 5) is 1.44. The van der Waals surface area contributed by atoms with Gasteiger partial charge in [0, 0.05) is 16.7 Å². The molecule has 0 radical (unpaired) electrons. The van der Waals surface area contributed by atoms with Crippen LogP contribution >= 0.6 is 11.8 Å². The summed E-state index contributed by atoms with van der Waals surface area (Å²) < 4.78 is 0. The molecule has 0 bridgehead atoms. The molecule has 3 rings (SSSR count). The van der Waals surface area contributed by atoms with Gasteiger partial charge in [-0.25, -0.2) is 0 Å². The number of nitrogens with one attached hydrogen (secondary N) is 1. The second kappa shape index (κ2) is 5.45. The van der Waals surface area contributed by atoms with E-state index in [-0.39, 0.29) is 0 Å². The van der Waals surface area contributed by atoms with Gasteiger partial charge in [0.1, 0.15) is 0 Å². The van der Waals surface area contributed by atoms with Crippen molar-refractivity contribution in [2.75, 3.05) is 12.3 Å². The Morgan fingerprint density at radius 1 is 1.06 bits per heavy atom. The van der Waals surface area contributed by atoms with Crippen LogP contribution in [0, 0.1) is 5.92 Å². The smallest absolute Gasteiger partial charge is 0.0320 e. The lowest BCUT2D eigenvalue weighted by Crippen LogP contribution is -2.26. The molecule has 1 aliphatic carbocycles. The number of hydrogen-bond donors (Lipinski definition) is 1. The molecule has 17 heavy (non-hydrogen) atoms. The van der Waals surface area contributed by atoms with Crippen molar-refractivity contribution in [3.63, 3.8) is 0 Å². The van der Waals surface area contributed by atoms with E-state index in [1.807, 2.05) is 11.8 Å². The van der Waals surface area contributed by atoms with E-state index >= 15 is 0 Å². The molecule has 2 aliphatic rings.